The van der Waals surface area contributed by atoms with E-state index < -0.39 is 0 Å². The molecule has 0 radical (unpaired) electrons. The van der Waals surface area contributed by atoms with Gasteiger partial charge in [0.15, 0.2) is 10.7 Å². The molecule has 6 nitrogen and oxygen atoms in total. The molecule has 3 aromatic carbocycles. The van der Waals surface area contributed by atoms with Gasteiger partial charge in [-0.3, -0.25) is 15.1 Å². The summed E-state index contributed by atoms with van der Waals surface area (Å²) >= 11 is 12.3. The van der Waals surface area contributed by atoms with Crippen LogP contribution in [0.4, 0.5) is 5.69 Å². The molecule has 2 aromatic heterocycles. The molecule has 2 heterocycles. The van der Waals surface area contributed by atoms with E-state index in [-0.39, 0.29) is 11.0 Å². The van der Waals surface area contributed by atoms with Crippen molar-refractivity contribution in [3.8, 4) is 11.5 Å². The number of pyridine rings is 1. The first-order valence-corrected chi connectivity index (χ1v) is 11.8. The van der Waals surface area contributed by atoms with E-state index >= 15 is 0 Å². The molecule has 9 heteroatoms. The molecule has 0 aliphatic heterocycles. The van der Waals surface area contributed by atoms with Gasteiger partial charge in [-0.1, -0.05) is 40.2 Å². The highest BCUT2D eigenvalue weighted by atomic mass is 79.9. The number of aromatic nitrogens is 2. The number of oxazole rings is 1. The number of rotatable bonds is 3. The predicted molar refractivity (Wildman–Crippen MR) is 140 cm³/mol. The number of nitrogens with zero attached hydrogens (tertiary/aromatic N) is 2. The van der Waals surface area contributed by atoms with Gasteiger partial charge in [-0.15, -0.1) is 0 Å². The first kappa shape index (κ1) is 21.7. The number of benzene rings is 3. The van der Waals surface area contributed by atoms with E-state index in [2.05, 4.69) is 52.5 Å². The molecule has 0 saturated heterocycles. The van der Waals surface area contributed by atoms with Gasteiger partial charge in [0.1, 0.15) is 5.52 Å². The fourth-order valence-electron chi connectivity index (χ4n) is 3.46. The van der Waals surface area contributed by atoms with Gasteiger partial charge in [0.2, 0.25) is 5.89 Å². The monoisotopic (exact) mass is 580 g/mol. The lowest BCUT2D eigenvalue weighted by molar-refractivity contribution is 0.0979. The van der Waals surface area contributed by atoms with Crippen molar-refractivity contribution >= 4 is 82.7 Å². The van der Waals surface area contributed by atoms with Gasteiger partial charge in [-0.25, -0.2) is 4.98 Å². The summed E-state index contributed by atoms with van der Waals surface area (Å²) in [4.78, 5) is 21.6. The Morgan fingerprint density at radius 2 is 1.79 bits per heavy atom. The average molecular weight is 582 g/mol. The van der Waals surface area contributed by atoms with Gasteiger partial charge < -0.3 is 9.73 Å². The minimum absolute atomic E-state index is 0.186. The maximum Gasteiger partial charge on any atom is 0.258 e. The lowest BCUT2D eigenvalue weighted by atomic mass is 10.0. The Hall–Kier alpha value is -3.14. The summed E-state index contributed by atoms with van der Waals surface area (Å²) in [5.41, 5.74) is 3.27. The Labute approximate surface area is 210 Å². The molecule has 0 unspecified atom stereocenters. The quantitative estimate of drug-likeness (QED) is 0.231. The lowest BCUT2D eigenvalue weighted by Gasteiger charge is -2.11. The molecule has 162 valence electrons. The van der Waals surface area contributed by atoms with Crippen LogP contribution in [0.2, 0.25) is 0 Å². The normalized spacial score (nSPS) is 11.0. The molecule has 0 aliphatic rings. The van der Waals surface area contributed by atoms with E-state index in [0.717, 1.165) is 25.3 Å². The number of thiocarbonyl (C=S) groups is 1. The molecule has 33 heavy (non-hydrogen) atoms. The number of carbonyl (C=O) groups is 1. The first-order chi connectivity index (χ1) is 16.0. The maximum atomic E-state index is 12.9. The summed E-state index contributed by atoms with van der Waals surface area (Å²) in [5.74, 6) is 0.178. The van der Waals surface area contributed by atoms with Crippen LogP contribution in [0.3, 0.4) is 0 Å². The van der Waals surface area contributed by atoms with Gasteiger partial charge in [0, 0.05) is 32.6 Å². The van der Waals surface area contributed by atoms with Crippen LogP contribution in [0.1, 0.15) is 10.4 Å². The van der Waals surface area contributed by atoms with E-state index in [1.54, 1.807) is 30.6 Å². The minimum atomic E-state index is -0.289. The first-order valence-electron chi connectivity index (χ1n) is 9.79. The van der Waals surface area contributed by atoms with Crippen LogP contribution in [-0.2, 0) is 0 Å². The highest BCUT2D eigenvalue weighted by molar-refractivity contribution is 9.11. The highest BCUT2D eigenvalue weighted by Crippen LogP contribution is 2.28. The standard InChI is InChI=1S/C24H14Br2N4O2S/c25-14-9-13(11-27-12-14)23-29-20-10-15(7-8-21(20)32-23)28-24(33)30-22(31)18-5-1-4-17-16(18)3-2-6-19(17)26/h1-12H,(H2,28,30,31,33). The zero-order valence-electron chi connectivity index (χ0n) is 16.8. The van der Waals surface area contributed by atoms with Crippen molar-refractivity contribution in [2.75, 3.05) is 5.32 Å². The van der Waals surface area contributed by atoms with Gasteiger partial charge in [-0.05, 0) is 75.3 Å². The second kappa shape index (κ2) is 9.01. The van der Waals surface area contributed by atoms with Crippen molar-refractivity contribution in [1.82, 2.24) is 15.3 Å². The van der Waals surface area contributed by atoms with Crippen molar-refractivity contribution in [3.05, 3.63) is 87.6 Å². The second-order valence-corrected chi connectivity index (χ2v) is 9.32. The summed E-state index contributed by atoms with van der Waals surface area (Å²) in [6.45, 7) is 0. The van der Waals surface area contributed by atoms with E-state index in [4.69, 9.17) is 16.6 Å². The van der Waals surface area contributed by atoms with E-state index in [1.165, 1.54) is 0 Å². The second-order valence-electron chi connectivity index (χ2n) is 7.14. The molecule has 5 rings (SSSR count). The molecule has 0 aliphatic carbocycles. The fraction of sp³-hybridized carbons (Fsp3) is 0. The Bertz CT molecular complexity index is 1550. The summed E-state index contributed by atoms with van der Waals surface area (Å²) < 4.78 is 7.60. The zero-order chi connectivity index (χ0) is 22.9. The summed E-state index contributed by atoms with van der Waals surface area (Å²) in [6.07, 6.45) is 3.38. The van der Waals surface area contributed by atoms with E-state index in [9.17, 15) is 4.79 Å². The van der Waals surface area contributed by atoms with Crippen molar-refractivity contribution in [3.63, 3.8) is 0 Å². The number of hydrogen-bond donors (Lipinski definition) is 2. The van der Waals surface area contributed by atoms with Crippen molar-refractivity contribution < 1.29 is 9.21 Å². The van der Waals surface area contributed by atoms with Crippen molar-refractivity contribution in [2.24, 2.45) is 0 Å². The maximum absolute atomic E-state index is 12.9. The molecule has 5 aromatic rings. The van der Waals surface area contributed by atoms with Gasteiger partial charge >= 0.3 is 0 Å². The Morgan fingerprint density at radius 3 is 2.64 bits per heavy atom. The molecule has 0 fully saturated rings. The van der Waals surface area contributed by atoms with Crippen LogP contribution in [0.15, 0.2) is 86.4 Å². The number of hydrogen-bond acceptors (Lipinski definition) is 5. The highest BCUT2D eigenvalue weighted by Gasteiger charge is 2.14. The van der Waals surface area contributed by atoms with Crippen molar-refractivity contribution in [1.29, 1.82) is 0 Å². The third-order valence-electron chi connectivity index (χ3n) is 4.94. The van der Waals surface area contributed by atoms with Crippen LogP contribution < -0.4 is 10.6 Å². The lowest BCUT2D eigenvalue weighted by Crippen LogP contribution is -2.34. The minimum Gasteiger partial charge on any atom is -0.436 e. The fourth-order valence-corrected chi connectivity index (χ4v) is 4.53. The summed E-state index contributed by atoms with van der Waals surface area (Å²) in [7, 11) is 0. The number of anilines is 1. The summed E-state index contributed by atoms with van der Waals surface area (Å²) in [6, 6.07) is 18.6. The SMILES string of the molecule is O=C(NC(=S)Nc1ccc2oc(-c3cncc(Br)c3)nc2c1)c1cccc2c(Br)cccc12. The van der Waals surface area contributed by atoms with E-state index in [1.807, 2.05) is 42.5 Å². The molecule has 0 bridgehead atoms. The number of fused-ring (bicyclic) bond motifs is 2. The van der Waals surface area contributed by atoms with Gasteiger partial charge in [0.25, 0.3) is 5.91 Å². The van der Waals surface area contributed by atoms with Crippen LogP contribution in [-0.4, -0.2) is 21.0 Å². The molecule has 1 amide bonds. The van der Waals surface area contributed by atoms with Crippen LogP contribution in [0.25, 0.3) is 33.3 Å². The van der Waals surface area contributed by atoms with Gasteiger partial charge in [0.05, 0.1) is 5.56 Å². The Balaban J connectivity index is 1.34. The van der Waals surface area contributed by atoms with Crippen LogP contribution in [0.5, 0.6) is 0 Å². The molecular weight excluding hydrogens is 568 g/mol. The molecule has 0 spiro atoms. The van der Waals surface area contributed by atoms with E-state index in [0.29, 0.717) is 28.2 Å². The Kier molecular flexibility index (Phi) is 5.92. The van der Waals surface area contributed by atoms with Crippen LogP contribution >= 0.6 is 44.1 Å². The van der Waals surface area contributed by atoms with Gasteiger partial charge in [-0.2, -0.15) is 0 Å². The predicted octanol–water partition coefficient (Wildman–Crippen LogP) is 6.69. The van der Waals surface area contributed by atoms with Crippen molar-refractivity contribution in [2.45, 2.75) is 0 Å². The summed E-state index contributed by atoms with van der Waals surface area (Å²) in [5, 5.41) is 7.77. The molecule has 0 atom stereocenters. The smallest absolute Gasteiger partial charge is 0.258 e. The number of amides is 1. The molecular formula is C24H14Br2N4O2S. The zero-order valence-corrected chi connectivity index (χ0v) is 20.8. The molecule has 2 N–H and O–H groups in total. The average Bonchev–Trinajstić information content (AvgIpc) is 3.22. The number of halogens is 2. The topological polar surface area (TPSA) is 80.0 Å². The number of carbonyl (C=O) groups excluding carboxylic acids is 1. The third-order valence-corrected chi connectivity index (χ3v) is 6.27. The van der Waals surface area contributed by atoms with Crippen LogP contribution in [0, 0.1) is 0 Å². The third kappa shape index (κ3) is 4.52. The molecule has 0 saturated carbocycles. The largest absolute Gasteiger partial charge is 0.436 e. The Morgan fingerprint density at radius 1 is 0.970 bits per heavy atom. The number of nitrogens with one attached hydrogen (secondary N) is 2.